The lowest BCUT2D eigenvalue weighted by atomic mass is 9.89. The van der Waals surface area contributed by atoms with Crippen LogP contribution in [-0.4, -0.2) is 11.6 Å². The van der Waals surface area contributed by atoms with E-state index in [1.54, 1.807) is 0 Å². The largest absolute Gasteiger partial charge is 0.271 e. The first-order valence-electron chi connectivity index (χ1n) is 6.61. The van der Waals surface area contributed by atoms with Gasteiger partial charge in [0.1, 0.15) is 0 Å². The van der Waals surface area contributed by atoms with Gasteiger partial charge in [-0.1, -0.05) is 31.5 Å². The molecule has 1 atom stereocenters. The number of carbonyl (C=O) groups excluding carboxylic acids is 1. The number of nitrogens with one attached hydrogen (secondary N) is 1. The van der Waals surface area contributed by atoms with Crippen LogP contribution in [-0.2, 0) is 0 Å². The Hall–Kier alpha value is -1.64. The molecule has 1 fully saturated rings. The number of carbonyl (C=O) groups is 1. The molecular formula is C15H20N2O. The van der Waals surface area contributed by atoms with Gasteiger partial charge >= 0.3 is 0 Å². The van der Waals surface area contributed by atoms with E-state index < -0.39 is 0 Å². The number of hydrogen-bond acceptors (Lipinski definition) is 2. The summed E-state index contributed by atoms with van der Waals surface area (Å²) in [4.78, 5) is 12.0. The fourth-order valence-corrected chi connectivity index (χ4v) is 2.35. The molecule has 1 aliphatic rings. The summed E-state index contributed by atoms with van der Waals surface area (Å²) in [5.41, 5.74) is 5.49. The highest BCUT2D eigenvalue weighted by Crippen LogP contribution is 2.20. The van der Waals surface area contributed by atoms with Crippen LogP contribution in [0.15, 0.2) is 29.4 Å². The molecule has 0 aliphatic heterocycles. The van der Waals surface area contributed by atoms with Gasteiger partial charge in [0, 0.05) is 11.3 Å². The van der Waals surface area contributed by atoms with Crippen LogP contribution >= 0.6 is 0 Å². The van der Waals surface area contributed by atoms with Gasteiger partial charge in [-0.15, -0.1) is 0 Å². The number of amides is 1. The SMILES string of the molecule is Cc1ccccc1C(=O)N/N=C1\CCCCC1C. The molecule has 0 saturated heterocycles. The van der Waals surface area contributed by atoms with Crippen molar-refractivity contribution in [1.29, 1.82) is 0 Å². The van der Waals surface area contributed by atoms with E-state index in [9.17, 15) is 4.79 Å². The molecule has 1 aromatic rings. The number of nitrogens with zero attached hydrogens (tertiary/aromatic N) is 1. The molecule has 96 valence electrons. The molecule has 0 heterocycles. The molecule has 1 aliphatic carbocycles. The summed E-state index contributed by atoms with van der Waals surface area (Å²) in [7, 11) is 0. The molecule has 0 spiro atoms. The van der Waals surface area contributed by atoms with E-state index in [-0.39, 0.29) is 5.91 Å². The molecule has 1 saturated carbocycles. The van der Waals surface area contributed by atoms with E-state index >= 15 is 0 Å². The topological polar surface area (TPSA) is 41.5 Å². The van der Waals surface area contributed by atoms with Gasteiger partial charge in [-0.05, 0) is 43.7 Å². The first-order chi connectivity index (χ1) is 8.68. The Balaban J connectivity index is 2.04. The maximum atomic E-state index is 12.0. The number of rotatable bonds is 2. The molecule has 0 bridgehead atoms. The van der Waals surface area contributed by atoms with Crippen molar-refractivity contribution < 1.29 is 4.79 Å². The number of benzene rings is 1. The van der Waals surface area contributed by atoms with Crippen molar-refractivity contribution >= 4 is 11.6 Å². The minimum absolute atomic E-state index is 0.113. The molecule has 3 heteroatoms. The van der Waals surface area contributed by atoms with E-state index in [4.69, 9.17) is 0 Å². The molecule has 0 radical (unpaired) electrons. The lowest BCUT2D eigenvalue weighted by Crippen LogP contribution is -2.24. The second-order valence-electron chi connectivity index (χ2n) is 5.01. The van der Waals surface area contributed by atoms with Crippen molar-refractivity contribution in [2.24, 2.45) is 11.0 Å². The van der Waals surface area contributed by atoms with Crippen LogP contribution in [0.4, 0.5) is 0 Å². The summed E-state index contributed by atoms with van der Waals surface area (Å²) in [6, 6.07) is 7.57. The Labute approximate surface area is 108 Å². The average molecular weight is 244 g/mol. The van der Waals surface area contributed by atoms with Crippen molar-refractivity contribution in [2.75, 3.05) is 0 Å². The van der Waals surface area contributed by atoms with Gasteiger partial charge in [-0.2, -0.15) is 5.10 Å². The lowest BCUT2D eigenvalue weighted by Gasteiger charge is -2.19. The molecule has 2 rings (SSSR count). The van der Waals surface area contributed by atoms with E-state index in [0.717, 1.165) is 17.7 Å². The number of hydrazone groups is 1. The summed E-state index contributed by atoms with van der Waals surface area (Å²) < 4.78 is 0. The quantitative estimate of drug-likeness (QED) is 0.797. The molecule has 1 aromatic carbocycles. The number of hydrogen-bond donors (Lipinski definition) is 1. The summed E-state index contributed by atoms with van der Waals surface area (Å²) in [5, 5.41) is 4.30. The van der Waals surface area contributed by atoms with E-state index in [1.807, 2.05) is 31.2 Å². The van der Waals surface area contributed by atoms with Crippen molar-refractivity contribution in [2.45, 2.75) is 39.5 Å². The van der Waals surface area contributed by atoms with Crippen LogP contribution in [0.2, 0.25) is 0 Å². The molecule has 18 heavy (non-hydrogen) atoms. The molecule has 1 unspecified atom stereocenters. The Morgan fingerprint density at radius 2 is 2.11 bits per heavy atom. The highest BCUT2D eigenvalue weighted by Gasteiger charge is 2.16. The van der Waals surface area contributed by atoms with Crippen molar-refractivity contribution in [1.82, 2.24) is 5.43 Å². The molecular weight excluding hydrogens is 224 g/mol. The fourth-order valence-electron chi connectivity index (χ4n) is 2.35. The maximum Gasteiger partial charge on any atom is 0.271 e. The normalized spacial score (nSPS) is 21.9. The van der Waals surface area contributed by atoms with Crippen LogP contribution in [0.25, 0.3) is 0 Å². The van der Waals surface area contributed by atoms with E-state index in [1.165, 1.54) is 19.3 Å². The smallest absolute Gasteiger partial charge is 0.267 e. The molecule has 1 amide bonds. The minimum Gasteiger partial charge on any atom is -0.267 e. The zero-order valence-electron chi connectivity index (χ0n) is 11.1. The minimum atomic E-state index is -0.113. The van der Waals surface area contributed by atoms with Gasteiger partial charge in [0.15, 0.2) is 0 Å². The lowest BCUT2D eigenvalue weighted by molar-refractivity contribution is 0.0954. The Kier molecular flexibility index (Phi) is 4.13. The third kappa shape index (κ3) is 2.97. The van der Waals surface area contributed by atoms with Crippen LogP contribution < -0.4 is 5.43 Å². The molecule has 3 nitrogen and oxygen atoms in total. The van der Waals surface area contributed by atoms with E-state index in [0.29, 0.717) is 11.5 Å². The van der Waals surface area contributed by atoms with Gasteiger partial charge < -0.3 is 0 Å². The predicted molar refractivity (Wildman–Crippen MR) is 73.7 cm³/mol. The van der Waals surface area contributed by atoms with Gasteiger partial charge in [-0.3, -0.25) is 4.79 Å². The second kappa shape index (κ2) is 5.80. The Bertz CT molecular complexity index is 465. The molecule has 0 aromatic heterocycles. The van der Waals surface area contributed by atoms with Crippen LogP contribution in [0, 0.1) is 12.8 Å². The summed E-state index contributed by atoms with van der Waals surface area (Å²) in [5.74, 6) is 0.384. The predicted octanol–water partition coefficient (Wildman–Crippen LogP) is 3.29. The van der Waals surface area contributed by atoms with Gasteiger partial charge in [-0.25, -0.2) is 5.43 Å². The summed E-state index contributed by atoms with van der Waals surface area (Å²) in [6.45, 7) is 4.11. The van der Waals surface area contributed by atoms with Gasteiger partial charge in [0.2, 0.25) is 0 Å². The van der Waals surface area contributed by atoms with Crippen molar-refractivity contribution in [3.05, 3.63) is 35.4 Å². The first-order valence-corrected chi connectivity index (χ1v) is 6.61. The zero-order valence-corrected chi connectivity index (χ0v) is 11.1. The standard InChI is InChI=1S/C15H20N2O/c1-11-7-3-5-9-13(11)15(18)17-16-14-10-6-4-8-12(14)2/h3,5,7,9,12H,4,6,8,10H2,1-2H3,(H,17,18)/b16-14+. The first kappa shape index (κ1) is 12.8. The summed E-state index contributed by atoms with van der Waals surface area (Å²) >= 11 is 0. The van der Waals surface area contributed by atoms with Crippen LogP contribution in [0.1, 0.15) is 48.5 Å². The van der Waals surface area contributed by atoms with E-state index in [2.05, 4.69) is 17.5 Å². The van der Waals surface area contributed by atoms with Gasteiger partial charge in [0.25, 0.3) is 5.91 Å². The second-order valence-corrected chi connectivity index (χ2v) is 5.01. The molecule has 1 N–H and O–H groups in total. The van der Waals surface area contributed by atoms with Gasteiger partial charge in [0.05, 0.1) is 0 Å². The Morgan fingerprint density at radius 1 is 1.33 bits per heavy atom. The Morgan fingerprint density at radius 3 is 2.83 bits per heavy atom. The average Bonchev–Trinajstić information content (AvgIpc) is 2.38. The highest BCUT2D eigenvalue weighted by atomic mass is 16.2. The fraction of sp³-hybridized carbons (Fsp3) is 0.467. The van der Waals surface area contributed by atoms with Crippen LogP contribution in [0.3, 0.4) is 0 Å². The zero-order chi connectivity index (χ0) is 13.0. The van der Waals surface area contributed by atoms with Crippen molar-refractivity contribution in [3.63, 3.8) is 0 Å². The van der Waals surface area contributed by atoms with Crippen LogP contribution in [0.5, 0.6) is 0 Å². The third-order valence-corrected chi connectivity index (χ3v) is 3.58. The summed E-state index contributed by atoms with van der Waals surface area (Å²) in [6.07, 6.45) is 4.64. The van der Waals surface area contributed by atoms with Crippen molar-refractivity contribution in [3.8, 4) is 0 Å². The maximum absolute atomic E-state index is 12.0. The third-order valence-electron chi connectivity index (χ3n) is 3.58. The number of aryl methyl sites for hydroxylation is 1. The highest BCUT2D eigenvalue weighted by molar-refractivity contribution is 5.97. The monoisotopic (exact) mass is 244 g/mol.